The van der Waals surface area contributed by atoms with E-state index < -0.39 is 10.0 Å². The van der Waals surface area contributed by atoms with Crippen LogP contribution in [0, 0.1) is 0 Å². The van der Waals surface area contributed by atoms with E-state index in [1.807, 2.05) is 22.8 Å². The highest BCUT2D eigenvalue weighted by molar-refractivity contribution is 7.89. The summed E-state index contributed by atoms with van der Waals surface area (Å²) in [5, 5.41) is 11.3. The van der Waals surface area contributed by atoms with E-state index in [-0.39, 0.29) is 30.3 Å². The van der Waals surface area contributed by atoms with Crippen molar-refractivity contribution < 1.29 is 32.7 Å². The van der Waals surface area contributed by atoms with Crippen molar-refractivity contribution in [3.05, 3.63) is 53.7 Å². The van der Waals surface area contributed by atoms with Crippen LogP contribution in [0.25, 0.3) is 10.9 Å². The number of rotatable bonds is 14. The Morgan fingerprint density at radius 3 is 2.30 bits per heavy atom. The molecule has 2 aromatic carbocycles. The summed E-state index contributed by atoms with van der Waals surface area (Å²) in [4.78, 5) is 24.2. The Balaban J connectivity index is 0.00000119. The first kappa shape index (κ1) is 33.8. The number of hydroxylamine groups is 1. The maximum Gasteiger partial charge on any atom is 0.243 e. The van der Waals surface area contributed by atoms with E-state index in [4.69, 9.17) is 19.5 Å². The van der Waals surface area contributed by atoms with Gasteiger partial charge in [0.25, 0.3) is 0 Å². The Morgan fingerprint density at radius 2 is 1.67 bits per heavy atom. The van der Waals surface area contributed by atoms with Crippen molar-refractivity contribution in [1.82, 2.24) is 24.6 Å². The molecule has 4 rings (SSSR count). The van der Waals surface area contributed by atoms with Crippen LogP contribution in [0.2, 0.25) is 0 Å². The van der Waals surface area contributed by atoms with Crippen LogP contribution in [0.5, 0.6) is 11.5 Å². The lowest BCUT2D eigenvalue weighted by Crippen LogP contribution is -2.37. The van der Waals surface area contributed by atoms with Crippen molar-refractivity contribution in [2.45, 2.75) is 50.1 Å². The zero-order chi connectivity index (χ0) is 31.4. The molecular weight excluding hydrogens is 574 g/mol. The Kier molecular flexibility index (Phi) is 12.8. The second kappa shape index (κ2) is 16.3. The van der Waals surface area contributed by atoms with E-state index in [0.717, 1.165) is 60.1 Å². The minimum atomic E-state index is -3.72. The Hall–Kier alpha value is -3.65. The highest BCUT2D eigenvalue weighted by atomic mass is 32.2. The standard InChI is InChI=1S/C29H40N4O5S.CH3NO2/c1-31(2)17-8-6-5-7-16-30-29(34)21-33-27-14-11-23(38-4)19-26(27)25-15-18-32(20-28(25)33)39(35,36)24-12-9-22(37-3)10-13-24;3-1-2-4/h9-14,19H,5-8,15-18,20-21H2,1-4H3,(H,30,34);1,4H,(H,2,3). The van der Waals surface area contributed by atoms with Crippen LogP contribution in [0.4, 0.5) is 0 Å². The summed E-state index contributed by atoms with van der Waals surface area (Å²) < 4.78 is 41.1. The first-order valence-electron chi connectivity index (χ1n) is 14.2. The lowest BCUT2D eigenvalue weighted by atomic mass is 10.0. The summed E-state index contributed by atoms with van der Waals surface area (Å²) >= 11 is 0. The lowest BCUT2D eigenvalue weighted by Gasteiger charge is -2.28. The number of carbonyl (C=O) groups excluding carboxylic acids is 2. The minimum absolute atomic E-state index is 0.0751. The number of nitrogens with zero attached hydrogens (tertiary/aromatic N) is 3. The first-order valence-corrected chi connectivity index (χ1v) is 15.7. The number of carbonyl (C=O) groups is 2. The SMILES string of the molecule is COc1ccc(S(=O)(=O)N2CCc3c(n(CC(=O)NCCCCCCN(C)C)c4ccc(OC)cc34)C2)cc1.O=CNO. The maximum atomic E-state index is 13.5. The average Bonchev–Trinajstić information content (AvgIpc) is 3.32. The number of methoxy groups -OCH3 is 2. The number of hydrogen-bond donors (Lipinski definition) is 3. The van der Waals surface area contributed by atoms with Crippen LogP contribution in [0.3, 0.4) is 0 Å². The number of ether oxygens (including phenoxy) is 2. The lowest BCUT2D eigenvalue weighted by molar-refractivity contribution is -0.121. The molecule has 2 heterocycles. The maximum absolute atomic E-state index is 13.5. The van der Waals surface area contributed by atoms with Gasteiger partial charge in [-0.1, -0.05) is 12.8 Å². The van der Waals surface area contributed by atoms with E-state index >= 15 is 0 Å². The summed E-state index contributed by atoms with van der Waals surface area (Å²) in [6, 6.07) is 12.2. The molecule has 0 fully saturated rings. The highest BCUT2D eigenvalue weighted by Crippen LogP contribution is 2.35. The quantitative estimate of drug-likeness (QED) is 0.109. The van der Waals surface area contributed by atoms with Gasteiger partial charge in [-0.05, 0) is 87.9 Å². The molecule has 0 radical (unpaired) electrons. The van der Waals surface area contributed by atoms with Crippen molar-refractivity contribution in [3.8, 4) is 11.5 Å². The third-order valence-electron chi connectivity index (χ3n) is 7.34. The molecule has 0 atom stereocenters. The number of sulfonamides is 1. The molecule has 0 spiro atoms. The number of aromatic nitrogens is 1. The van der Waals surface area contributed by atoms with Gasteiger partial charge in [0.05, 0.1) is 25.7 Å². The Morgan fingerprint density at radius 1 is 1.02 bits per heavy atom. The molecule has 0 saturated heterocycles. The number of fused-ring (bicyclic) bond motifs is 3. The van der Waals surface area contributed by atoms with Gasteiger partial charge < -0.3 is 24.3 Å². The normalized spacial score (nSPS) is 13.2. The molecule has 0 unspecified atom stereocenters. The van der Waals surface area contributed by atoms with Crippen LogP contribution < -0.4 is 20.3 Å². The number of benzene rings is 2. The van der Waals surface area contributed by atoms with E-state index in [0.29, 0.717) is 25.3 Å². The smallest absolute Gasteiger partial charge is 0.243 e. The van der Waals surface area contributed by atoms with Crippen LogP contribution in [-0.4, -0.2) is 87.7 Å². The number of amides is 2. The molecule has 0 saturated carbocycles. The van der Waals surface area contributed by atoms with Gasteiger partial charge in [-0.25, -0.2) is 13.9 Å². The summed E-state index contributed by atoms with van der Waals surface area (Å²) in [6.45, 7) is 2.40. The molecule has 1 aliphatic rings. The average molecular weight is 618 g/mol. The van der Waals surface area contributed by atoms with Crippen LogP contribution >= 0.6 is 0 Å². The van der Waals surface area contributed by atoms with Crippen molar-refractivity contribution in [2.24, 2.45) is 0 Å². The van der Waals surface area contributed by atoms with E-state index in [1.54, 1.807) is 38.5 Å². The van der Waals surface area contributed by atoms with Gasteiger partial charge in [-0.15, -0.1) is 0 Å². The van der Waals surface area contributed by atoms with E-state index in [2.05, 4.69) is 24.3 Å². The van der Waals surface area contributed by atoms with E-state index in [1.165, 1.54) is 9.79 Å². The van der Waals surface area contributed by atoms with Crippen molar-refractivity contribution in [3.63, 3.8) is 0 Å². The van der Waals surface area contributed by atoms with Gasteiger partial charge in [0.1, 0.15) is 18.0 Å². The Labute approximate surface area is 253 Å². The molecule has 13 heteroatoms. The molecule has 3 N–H and O–H groups in total. The van der Waals surface area contributed by atoms with Crippen LogP contribution in [0.15, 0.2) is 47.4 Å². The van der Waals surface area contributed by atoms with Gasteiger partial charge in [0, 0.05) is 29.7 Å². The van der Waals surface area contributed by atoms with Crippen LogP contribution in [0.1, 0.15) is 36.9 Å². The number of hydrogen-bond acceptors (Lipinski definition) is 8. The zero-order valence-electron chi connectivity index (χ0n) is 25.3. The molecule has 0 bridgehead atoms. The predicted molar refractivity (Wildman–Crippen MR) is 164 cm³/mol. The van der Waals surface area contributed by atoms with Gasteiger partial charge in [-0.3, -0.25) is 14.8 Å². The fraction of sp³-hybridized carbons (Fsp3) is 0.467. The van der Waals surface area contributed by atoms with E-state index in [9.17, 15) is 13.2 Å². The largest absolute Gasteiger partial charge is 0.497 e. The van der Waals surface area contributed by atoms with Crippen LogP contribution in [-0.2, 0) is 39.1 Å². The topological polar surface area (TPSA) is 142 Å². The summed E-state index contributed by atoms with van der Waals surface area (Å²) in [5.41, 5.74) is 4.07. The Bertz CT molecular complexity index is 1460. The van der Waals surface area contributed by atoms with Crippen molar-refractivity contribution >= 4 is 33.2 Å². The second-order valence-corrected chi connectivity index (χ2v) is 12.4. The molecular formula is C30H43N5O7S. The molecule has 2 amide bonds. The summed E-state index contributed by atoms with van der Waals surface area (Å²) in [7, 11) is 3.61. The molecule has 3 aromatic rings. The summed E-state index contributed by atoms with van der Waals surface area (Å²) in [6.07, 6.45) is 5.05. The predicted octanol–water partition coefficient (Wildman–Crippen LogP) is 2.77. The second-order valence-electron chi connectivity index (χ2n) is 10.5. The number of nitrogens with one attached hydrogen (secondary N) is 2. The van der Waals surface area contributed by atoms with Crippen molar-refractivity contribution in [1.29, 1.82) is 0 Å². The molecule has 0 aliphatic carbocycles. The number of unbranched alkanes of at least 4 members (excludes halogenated alkanes) is 3. The first-order chi connectivity index (χ1) is 20.7. The molecule has 12 nitrogen and oxygen atoms in total. The molecule has 1 aromatic heterocycles. The monoisotopic (exact) mass is 617 g/mol. The van der Waals surface area contributed by atoms with Crippen molar-refractivity contribution in [2.75, 3.05) is 47.9 Å². The molecule has 43 heavy (non-hydrogen) atoms. The fourth-order valence-corrected chi connectivity index (χ4v) is 6.54. The van der Waals surface area contributed by atoms with Gasteiger partial charge >= 0.3 is 0 Å². The molecule has 236 valence electrons. The zero-order valence-corrected chi connectivity index (χ0v) is 26.2. The minimum Gasteiger partial charge on any atom is -0.497 e. The third kappa shape index (κ3) is 8.92. The van der Waals surface area contributed by atoms with Gasteiger partial charge in [0.15, 0.2) is 0 Å². The molecule has 1 aliphatic heterocycles. The highest BCUT2D eigenvalue weighted by Gasteiger charge is 2.32. The summed E-state index contributed by atoms with van der Waals surface area (Å²) in [5.74, 6) is 1.26. The third-order valence-corrected chi connectivity index (χ3v) is 9.20. The fourth-order valence-electron chi connectivity index (χ4n) is 5.14. The van der Waals surface area contributed by atoms with Gasteiger partial charge in [-0.2, -0.15) is 4.31 Å². The van der Waals surface area contributed by atoms with Gasteiger partial charge in [0.2, 0.25) is 22.3 Å².